The number of aldehydes is 1. The van der Waals surface area contributed by atoms with E-state index in [-0.39, 0.29) is 10.5 Å². The molecule has 1 aliphatic rings. The van der Waals surface area contributed by atoms with Gasteiger partial charge in [-0.25, -0.2) is 0 Å². The van der Waals surface area contributed by atoms with Crippen molar-refractivity contribution in [2.75, 3.05) is 19.7 Å². The van der Waals surface area contributed by atoms with Crippen LogP contribution in [0.25, 0.3) is 0 Å². The molecule has 0 atom stereocenters. The summed E-state index contributed by atoms with van der Waals surface area (Å²) < 4.78 is 6.21. The van der Waals surface area contributed by atoms with E-state index >= 15 is 0 Å². The van der Waals surface area contributed by atoms with Gasteiger partial charge in [-0.1, -0.05) is 20.8 Å². The van der Waals surface area contributed by atoms with Gasteiger partial charge in [-0.2, -0.15) is 0 Å². The zero-order chi connectivity index (χ0) is 16.3. The Kier molecular flexibility index (Phi) is 6.24. The molecule has 1 aliphatic heterocycles. The van der Waals surface area contributed by atoms with Crippen LogP contribution in [0.4, 0.5) is 0 Å². The minimum atomic E-state index is -1.73. The zero-order valence-corrected chi connectivity index (χ0v) is 15.6. The highest BCUT2D eigenvalue weighted by Gasteiger charge is 2.39. The van der Waals surface area contributed by atoms with E-state index in [4.69, 9.17) is 4.43 Å². The van der Waals surface area contributed by atoms with E-state index in [0.717, 1.165) is 38.6 Å². The third-order valence-corrected chi connectivity index (χ3v) is 9.98. The van der Waals surface area contributed by atoms with E-state index in [1.54, 1.807) is 6.82 Å². The molecule has 122 valence electrons. The van der Waals surface area contributed by atoms with Crippen LogP contribution < -0.4 is 0 Å². The monoisotopic (exact) mass is 313 g/mol. The fourth-order valence-electron chi connectivity index (χ4n) is 2.50. The van der Waals surface area contributed by atoms with E-state index in [0.29, 0.717) is 6.61 Å². The lowest BCUT2D eigenvalue weighted by Crippen LogP contribution is -2.48. The molecule has 1 N–H and O–H groups in total. The van der Waals surface area contributed by atoms with Gasteiger partial charge in [-0.15, -0.1) is 0 Å². The Labute approximate surface area is 131 Å². The van der Waals surface area contributed by atoms with Crippen LogP contribution in [0.5, 0.6) is 0 Å². The zero-order valence-electron chi connectivity index (χ0n) is 14.6. The average molecular weight is 313 g/mol. The molecular weight excluding hydrogens is 281 g/mol. The highest BCUT2D eigenvalue weighted by Crippen LogP contribution is 2.38. The Morgan fingerprint density at radius 2 is 1.86 bits per heavy atom. The third-order valence-electron chi connectivity index (χ3n) is 5.44. The smallest absolute Gasteiger partial charge is 0.376 e. The van der Waals surface area contributed by atoms with Crippen molar-refractivity contribution in [3.63, 3.8) is 0 Å². The first kappa shape index (κ1) is 18.9. The standard InChI is InChI=1S/C15H32BNO3Si/c1-14(2,3)21(5,6)20-12-9-15(13-18)7-10-17(11-8-15)16(4)19/h13,19H,7-12H2,1-6H3. The second kappa shape index (κ2) is 6.94. The van der Waals surface area contributed by atoms with Crippen LogP contribution in [0, 0.1) is 5.41 Å². The van der Waals surface area contributed by atoms with Crippen LogP contribution in [0.1, 0.15) is 40.0 Å². The van der Waals surface area contributed by atoms with E-state index in [1.807, 2.05) is 4.81 Å². The molecule has 0 amide bonds. The van der Waals surface area contributed by atoms with Gasteiger partial charge in [0, 0.05) is 12.0 Å². The fraction of sp³-hybridized carbons (Fsp3) is 0.933. The number of carbonyl (C=O) groups excluding carboxylic acids is 1. The fourth-order valence-corrected chi connectivity index (χ4v) is 3.54. The maximum absolute atomic E-state index is 11.6. The molecule has 1 saturated heterocycles. The van der Waals surface area contributed by atoms with Gasteiger partial charge >= 0.3 is 7.05 Å². The SMILES string of the molecule is CB(O)N1CCC(C=O)(CCO[Si](C)(C)C(C)(C)C)CC1. The maximum Gasteiger partial charge on any atom is 0.376 e. The van der Waals surface area contributed by atoms with Crippen molar-refractivity contribution in [1.82, 2.24) is 4.81 Å². The third kappa shape index (κ3) is 4.91. The molecule has 0 aromatic carbocycles. The first-order valence-electron chi connectivity index (χ1n) is 8.05. The Morgan fingerprint density at radius 3 is 2.24 bits per heavy atom. The normalized spacial score (nSPS) is 20.3. The molecule has 21 heavy (non-hydrogen) atoms. The Hall–Kier alpha value is -0.168. The molecule has 0 saturated carbocycles. The minimum absolute atomic E-state index is 0.205. The summed E-state index contributed by atoms with van der Waals surface area (Å²) in [6, 6.07) is 0. The minimum Gasteiger partial charge on any atom is -0.437 e. The molecule has 0 radical (unpaired) electrons. The van der Waals surface area contributed by atoms with Gasteiger partial charge in [0.1, 0.15) is 6.29 Å². The van der Waals surface area contributed by atoms with Crippen LogP contribution in [-0.2, 0) is 9.22 Å². The van der Waals surface area contributed by atoms with Gasteiger partial charge in [0.15, 0.2) is 8.32 Å². The highest BCUT2D eigenvalue weighted by molar-refractivity contribution is 6.74. The molecule has 1 rings (SSSR count). The summed E-state index contributed by atoms with van der Waals surface area (Å²) in [6.07, 6.45) is 3.57. The van der Waals surface area contributed by atoms with E-state index in [2.05, 4.69) is 33.9 Å². The molecule has 1 heterocycles. The second-order valence-corrected chi connectivity index (χ2v) is 12.8. The largest absolute Gasteiger partial charge is 0.437 e. The summed E-state index contributed by atoms with van der Waals surface area (Å²) in [7, 11) is -2.15. The second-order valence-electron chi connectivity index (χ2n) is 8.01. The summed E-state index contributed by atoms with van der Waals surface area (Å²) in [4.78, 5) is 13.6. The molecule has 0 aliphatic carbocycles. The number of rotatable bonds is 6. The number of hydrogen-bond donors (Lipinski definition) is 1. The molecule has 0 spiro atoms. The molecule has 0 bridgehead atoms. The van der Waals surface area contributed by atoms with Crippen molar-refractivity contribution in [3.05, 3.63) is 0 Å². The average Bonchev–Trinajstić information content (AvgIpc) is 2.37. The summed E-state index contributed by atoms with van der Waals surface area (Å²) in [6.45, 7) is 15.2. The first-order valence-corrected chi connectivity index (χ1v) is 11.0. The van der Waals surface area contributed by atoms with Gasteiger partial charge in [-0.3, -0.25) is 0 Å². The number of piperidine rings is 1. The predicted octanol–water partition coefficient (Wildman–Crippen LogP) is 2.79. The van der Waals surface area contributed by atoms with Crippen LogP contribution in [-0.4, -0.2) is 51.2 Å². The van der Waals surface area contributed by atoms with E-state index < -0.39 is 15.4 Å². The lowest BCUT2D eigenvalue weighted by molar-refractivity contribution is -0.119. The van der Waals surface area contributed by atoms with Crippen LogP contribution in [0.2, 0.25) is 25.0 Å². The molecule has 1 fully saturated rings. The van der Waals surface area contributed by atoms with Crippen LogP contribution >= 0.6 is 0 Å². The summed E-state index contributed by atoms with van der Waals surface area (Å²) in [5.74, 6) is 0. The number of nitrogens with zero attached hydrogens (tertiary/aromatic N) is 1. The van der Waals surface area contributed by atoms with Crippen LogP contribution in [0.3, 0.4) is 0 Å². The lowest BCUT2D eigenvalue weighted by Gasteiger charge is -2.40. The van der Waals surface area contributed by atoms with E-state index in [9.17, 15) is 9.82 Å². The van der Waals surface area contributed by atoms with Crippen molar-refractivity contribution in [1.29, 1.82) is 0 Å². The molecular formula is C15H32BNO3Si. The number of carbonyl (C=O) groups is 1. The lowest BCUT2D eigenvalue weighted by atomic mass is 9.73. The summed E-state index contributed by atoms with van der Waals surface area (Å²) in [5, 5.41) is 9.82. The Balaban J connectivity index is 2.51. The van der Waals surface area contributed by atoms with Gasteiger partial charge in [0.25, 0.3) is 0 Å². The topological polar surface area (TPSA) is 49.8 Å². The Bertz CT molecular complexity index is 347. The molecule has 0 aromatic rings. The van der Waals surface area contributed by atoms with Crippen LogP contribution in [0.15, 0.2) is 0 Å². The quantitative estimate of drug-likeness (QED) is 0.605. The molecule has 6 heteroatoms. The van der Waals surface area contributed by atoms with Crippen molar-refractivity contribution in [2.24, 2.45) is 5.41 Å². The molecule has 4 nitrogen and oxygen atoms in total. The van der Waals surface area contributed by atoms with E-state index in [1.165, 1.54) is 0 Å². The van der Waals surface area contributed by atoms with Crippen molar-refractivity contribution < 1.29 is 14.2 Å². The summed E-state index contributed by atoms with van der Waals surface area (Å²) >= 11 is 0. The number of hydrogen-bond acceptors (Lipinski definition) is 4. The van der Waals surface area contributed by atoms with Gasteiger partial charge in [0.05, 0.1) is 0 Å². The van der Waals surface area contributed by atoms with Gasteiger partial charge in [-0.05, 0) is 57.3 Å². The Morgan fingerprint density at radius 1 is 1.33 bits per heavy atom. The van der Waals surface area contributed by atoms with Gasteiger partial charge in [0.2, 0.25) is 0 Å². The molecule has 0 aromatic heterocycles. The predicted molar refractivity (Wildman–Crippen MR) is 90.9 cm³/mol. The maximum atomic E-state index is 11.6. The first-order chi connectivity index (χ1) is 9.53. The van der Waals surface area contributed by atoms with Crippen molar-refractivity contribution in [2.45, 2.75) is 65.0 Å². The molecule has 0 unspecified atom stereocenters. The highest BCUT2D eigenvalue weighted by atomic mass is 28.4. The van der Waals surface area contributed by atoms with Crippen molar-refractivity contribution >= 4 is 21.7 Å². The van der Waals surface area contributed by atoms with Gasteiger partial charge < -0.3 is 19.1 Å². The van der Waals surface area contributed by atoms with Crippen molar-refractivity contribution in [3.8, 4) is 0 Å². The summed E-state index contributed by atoms with van der Waals surface area (Å²) in [5.41, 5.74) is -0.256.